The highest BCUT2D eigenvalue weighted by atomic mass is 14.3. The van der Waals surface area contributed by atoms with Gasteiger partial charge in [-0.2, -0.15) is 0 Å². The smallest absolute Gasteiger partial charge is 0.00139 e. The number of rotatable bonds is 8. The van der Waals surface area contributed by atoms with Gasteiger partial charge in [0.2, 0.25) is 0 Å². The van der Waals surface area contributed by atoms with Gasteiger partial charge in [-0.05, 0) is 133 Å². The van der Waals surface area contributed by atoms with Crippen LogP contribution in [0.15, 0.2) is 206 Å². The molecule has 0 nitrogen and oxygen atoms in total. The van der Waals surface area contributed by atoms with E-state index >= 15 is 0 Å². The Morgan fingerprint density at radius 2 is 0.300 bits per heavy atom. The summed E-state index contributed by atoms with van der Waals surface area (Å²) in [5.74, 6) is 0. The monoisotopic (exact) mass is 911 g/mol. The molecule has 9 rings (SSSR count). The van der Waals surface area contributed by atoms with Crippen molar-refractivity contribution in [1.82, 2.24) is 0 Å². The van der Waals surface area contributed by atoms with Crippen molar-refractivity contribution in [3.8, 4) is 89.0 Å². The van der Waals surface area contributed by atoms with Crippen LogP contribution in [0.4, 0.5) is 0 Å². The molecule has 9 aromatic rings. The third-order valence-electron chi connectivity index (χ3n) is 14.2. The van der Waals surface area contributed by atoms with Crippen LogP contribution in [-0.2, 0) is 21.7 Å². The molecule has 0 atom stereocenters. The lowest BCUT2D eigenvalue weighted by Gasteiger charge is -2.30. The molecule has 0 heterocycles. The van der Waals surface area contributed by atoms with Gasteiger partial charge in [0.1, 0.15) is 0 Å². The van der Waals surface area contributed by atoms with Crippen LogP contribution in [0.3, 0.4) is 0 Å². The molecule has 70 heavy (non-hydrogen) atoms. The third-order valence-corrected chi connectivity index (χ3v) is 14.2. The highest BCUT2D eigenvalue weighted by Gasteiger charge is 2.31. The number of benzene rings is 9. The molecule has 0 N–H and O–H groups in total. The maximum atomic E-state index is 2.39. The summed E-state index contributed by atoms with van der Waals surface area (Å²) in [6.45, 7) is 27.7. The van der Waals surface area contributed by atoms with E-state index in [1.54, 1.807) is 0 Å². The molecule has 350 valence electrons. The zero-order valence-electron chi connectivity index (χ0n) is 43.6. The molecule has 0 aliphatic rings. The fraction of sp³-hybridized carbons (Fsp3) is 0.229. The Labute approximate surface area is 420 Å². The minimum atomic E-state index is -0.00502. The molecule has 0 amide bonds. The highest BCUT2D eigenvalue weighted by molar-refractivity contribution is 6.15. The van der Waals surface area contributed by atoms with Crippen LogP contribution < -0.4 is 0 Å². The second kappa shape index (κ2) is 18.7. The molecule has 0 bridgehead atoms. The van der Waals surface area contributed by atoms with Crippen molar-refractivity contribution in [2.75, 3.05) is 0 Å². The second-order valence-corrected chi connectivity index (χ2v) is 23.4. The summed E-state index contributed by atoms with van der Waals surface area (Å²) in [6.07, 6.45) is 0. The van der Waals surface area contributed by atoms with E-state index in [-0.39, 0.29) is 21.7 Å². The van der Waals surface area contributed by atoms with Crippen LogP contribution in [0.25, 0.3) is 89.0 Å². The van der Waals surface area contributed by atoms with Gasteiger partial charge in [-0.1, -0.05) is 289 Å². The van der Waals surface area contributed by atoms with E-state index < -0.39 is 0 Å². The summed E-state index contributed by atoms with van der Waals surface area (Å²) >= 11 is 0. The van der Waals surface area contributed by atoms with Gasteiger partial charge in [0.05, 0.1) is 0 Å². The van der Waals surface area contributed by atoms with E-state index in [0.29, 0.717) is 0 Å². The molecule has 0 fully saturated rings. The molecule has 0 aromatic heterocycles. The van der Waals surface area contributed by atoms with Crippen molar-refractivity contribution in [3.63, 3.8) is 0 Å². The topological polar surface area (TPSA) is 0 Å². The number of hydrogen-bond acceptors (Lipinski definition) is 0. The van der Waals surface area contributed by atoms with E-state index in [4.69, 9.17) is 0 Å². The standard InChI is InChI=1S/C70H70/c1-67(2,3)57-39-31-53(32-40-57)63-61(51-27-23-49(24-28-51)47-19-15-13-16-20-47)65(55-35-43-59(44-36-55)69(7,8)9)66(56-37-45-60(46-38-56)70(10,11)12)62(64(63)54-33-41-58(42-34-54)68(4,5)6)52-29-25-50(26-30-52)48-21-17-14-18-22-48/h13-46H,1-12H3. The first kappa shape index (κ1) is 48.0. The average molecular weight is 911 g/mol. The van der Waals surface area contributed by atoms with Gasteiger partial charge in [-0.3, -0.25) is 0 Å². The lowest BCUT2D eigenvalue weighted by molar-refractivity contribution is 0.590. The van der Waals surface area contributed by atoms with Crippen LogP contribution in [0.5, 0.6) is 0 Å². The Morgan fingerprint density at radius 3 is 0.471 bits per heavy atom. The van der Waals surface area contributed by atoms with Gasteiger partial charge >= 0.3 is 0 Å². The van der Waals surface area contributed by atoms with Gasteiger partial charge in [0.25, 0.3) is 0 Å². The first-order chi connectivity index (χ1) is 33.3. The lowest BCUT2D eigenvalue weighted by atomic mass is 9.73. The number of hydrogen-bond donors (Lipinski definition) is 0. The normalized spacial score (nSPS) is 12.3. The van der Waals surface area contributed by atoms with Gasteiger partial charge in [0.15, 0.2) is 0 Å². The van der Waals surface area contributed by atoms with Gasteiger partial charge in [-0.25, -0.2) is 0 Å². The van der Waals surface area contributed by atoms with Crippen molar-refractivity contribution in [1.29, 1.82) is 0 Å². The van der Waals surface area contributed by atoms with Crippen molar-refractivity contribution < 1.29 is 0 Å². The molecular weight excluding hydrogens is 841 g/mol. The van der Waals surface area contributed by atoms with E-state index in [1.165, 1.54) is 111 Å². The summed E-state index contributed by atoms with van der Waals surface area (Å²) in [7, 11) is 0. The first-order valence-corrected chi connectivity index (χ1v) is 25.2. The average Bonchev–Trinajstić information content (AvgIpc) is 3.35. The Balaban J connectivity index is 1.51. The molecule has 0 radical (unpaired) electrons. The van der Waals surface area contributed by atoms with Crippen molar-refractivity contribution in [2.45, 2.75) is 105 Å². The van der Waals surface area contributed by atoms with Crippen LogP contribution in [0.1, 0.15) is 105 Å². The molecule has 0 spiro atoms. The SMILES string of the molecule is CC(C)(C)c1ccc(-c2c(-c3ccc(-c4ccccc4)cc3)c(-c3ccc(C(C)(C)C)cc3)c(-c3ccc(C(C)(C)C)cc3)c(-c3ccc(-c4ccccc4)cc3)c2-c2ccc(C(C)(C)C)cc2)cc1. The summed E-state index contributed by atoms with van der Waals surface area (Å²) in [6, 6.07) is 78.2. The predicted octanol–water partition coefficient (Wildman–Crippen LogP) is 20.2. The fourth-order valence-electron chi connectivity index (χ4n) is 9.95. The zero-order valence-corrected chi connectivity index (χ0v) is 43.6. The lowest BCUT2D eigenvalue weighted by Crippen LogP contribution is -2.11. The Morgan fingerprint density at radius 1 is 0.157 bits per heavy atom. The predicted molar refractivity (Wildman–Crippen MR) is 305 cm³/mol. The maximum Gasteiger partial charge on any atom is -0.00139 e. The molecule has 0 unspecified atom stereocenters. The van der Waals surface area contributed by atoms with Gasteiger partial charge < -0.3 is 0 Å². The minimum absolute atomic E-state index is 0.00502. The first-order valence-electron chi connectivity index (χ1n) is 25.2. The summed E-state index contributed by atoms with van der Waals surface area (Å²) in [4.78, 5) is 0. The van der Waals surface area contributed by atoms with Crippen molar-refractivity contribution in [2.24, 2.45) is 0 Å². The molecule has 0 saturated heterocycles. The molecular formula is C70H70. The van der Waals surface area contributed by atoms with Gasteiger partial charge in [0, 0.05) is 0 Å². The largest absolute Gasteiger partial charge is 0.0622 e. The van der Waals surface area contributed by atoms with E-state index in [0.717, 1.165) is 0 Å². The maximum absolute atomic E-state index is 2.39. The van der Waals surface area contributed by atoms with Crippen LogP contribution >= 0.6 is 0 Å². The fourth-order valence-corrected chi connectivity index (χ4v) is 9.95. The van der Waals surface area contributed by atoms with E-state index in [9.17, 15) is 0 Å². The van der Waals surface area contributed by atoms with Crippen LogP contribution in [-0.4, -0.2) is 0 Å². The van der Waals surface area contributed by atoms with Crippen LogP contribution in [0, 0.1) is 0 Å². The molecule has 0 aliphatic heterocycles. The minimum Gasteiger partial charge on any atom is -0.0622 e. The second-order valence-electron chi connectivity index (χ2n) is 23.4. The Kier molecular flexibility index (Phi) is 12.8. The Bertz CT molecular complexity index is 2850. The van der Waals surface area contributed by atoms with Gasteiger partial charge in [-0.15, -0.1) is 0 Å². The van der Waals surface area contributed by atoms with Crippen molar-refractivity contribution >= 4 is 0 Å². The molecule has 0 aliphatic carbocycles. The molecule has 0 heteroatoms. The molecule has 9 aromatic carbocycles. The quantitative estimate of drug-likeness (QED) is 0.142. The van der Waals surface area contributed by atoms with Crippen LogP contribution in [0.2, 0.25) is 0 Å². The van der Waals surface area contributed by atoms with E-state index in [2.05, 4.69) is 289 Å². The summed E-state index contributed by atoms with van der Waals surface area (Å²) in [5, 5.41) is 0. The summed E-state index contributed by atoms with van der Waals surface area (Å²) < 4.78 is 0. The zero-order chi connectivity index (χ0) is 49.6. The summed E-state index contributed by atoms with van der Waals surface area (Å²) in [5.41, 5.74) is 24.5. The third kappa shape index (κ3) is 9.88. The van der Waals surface area contributed by atoms with Crippen molar-refractivity contribution in [3.05, 3.63) is 229 Å². The van der Waals surface area contributed by atoms with E-state index in [1.807, 2.05) is 0 Å². The Hall–Kier alpha value is -7.02. The molecule has 0 saturated carbocycles. The highest BCUT2D eigenvalue weighted by Crippen LogP contribution is 2.56.